The second kappa shape index (κ2) is 11.6. The van der Waals surface area contributed by atoms with E-state index in [2.05, 4.69) is 185 Å². The zero-order chi connectivity index (χ0) is 37.2. The molecule has 0 saturated heterocycles. The second-order valence-electron chi connectivity index (χ2n) is 15.1. The largest absolute Gasteiger partial charge is 0.307 e. The van der Waals surface area contributed by atoms with Crippen LogP contribution in [0.5, 0.6) is 0 Å². The smallest absolute Gasteiger partial charge is 0.137 e. The van der Waals surface area contributed by atoms with Crippen molar-refractivity contribution < 1.29 is 0 Å². The Kier molecular flexibility index (Phi) is 6.32. The van der Waals surface area contributed by atoms with Crippen LogP contribution in [0.2, 0.25) is 0 Å². The van der Waals surface area contributed by atoms with Gasteiger partial charge in [-0.2, -0.15) is 0 Å². The first-order chi connectivity index (χ1) is 28.3. The first-order valence-electron chi connectivity index (χ1n) is 19.4. The SMILES string of the molecule is c1ccc(-c2cccc3c2sc2cc(-c4ccc5cc(-n6c7cccc8ccc9cc%10c%11ccccc%11n(-c%11ccccn%11)c%10c6c9c87)ccc5c4)ccc23)cc1. The summed E-state index contributed by atoms with van der Waals surface area (Å²) in [5, 5.41) is 12.6. The van der Waals surface area contributed by atoms with Crippen molar-refractivity contribution in [3.63, 3.8) is 0 Å². The van der Waals surface area contributed by atoms with Gasteiger partial charge in [-0.3, -0.25) is 4.57 Å². The summed E-state index contributed by atoms with van der Waals surface area (Å²) in [6, 6.07) is 66.9. The Morgan fingerprint density at radius 3 is 2.09 bits per heavy atom. The molecule has 0 aliphatic carbocycles. The van der Waals surface area contributed by atoms with Crippen molar-refractivity contribution in [2.45, 2.75) is 0 Å². The third kappa shape index (κ3) is 4.39. The summed E-state index contributed by atoms with van der Waals surface area (Å²) in [6.45, 7) is 0. The summed E-state index contributed by atoms with van der Waals surface area (Å²) in [5.74, 6) is 0.916. The Hall–Kier alpha value is -7.27. The second-order valence-corrected chi connectivity index (χ2v) is 16.2. The van der Waals surface area contributed by atoms with E-state index < -0.39 is 0 Å². The molecule has 264 valence electrons. The summed E-state index contributed by atoms with van der Waals surface area (Å²) in [5.41, 5.74) is 10.9. The van der Waals surface area contributed by atoms with Gasteiger partial charge in [0.15, 0.2) is 0 Å². The van der Waals surface area contributed by atoms with Gasteiger partial charge in [0, 0.05) is 53.6 Å². The van der Waals surface area contributed by atoms with Crippen LogP contribution < -0.4 is 0 Å². The highest BCUT2D eigenvalue weighted by Gasteiger charge is 2.24. The van der Waals surface area contributed by atoms with Crippen LogP contribution in [0.4, 0.5) is 0 Å². The van der Waals surface area contributed by atoms with Gasteiger partial charge in [-0.15, -0.1) is 11.3 Å². The molecule has 0 unspecified atom stereocenters. The highest BCUT2D eigenvalue weighted by atomic mass is 32.1. The Balaban J connectivity index is 1.01. The van der Waals surface area contributed by atoms with Crippen molar-refractivity contribution >= 4 is 96.7 Å². The molecule has 0 atom stereocenters. The van der Waals surface area contributed by atoms with Crippen molar-refractivity contribution in [3.05, 3.63) is 188 Å². The molecule has 4 aromatic heterocycles. The molecule has 0 bridgehead atoms. The minimum Gasteiger partial charge on any atom is -0.307 e. The van der Waals surface area contributed by atoms with E-state index in [0.29, 0.717) is 0 Å². The molecule has 0 amide bonds. The standard InChI is InChI=1S/C53H31N3S/c1-2-10-32(11-3-1)40-14-9-15-43-42-26-24-37(31-47(42)57-53(40)43)34-20-21-36-29-39(25-23-35(36)28-34)55-46-17-8-12-33-19-22-38-30-44-41-13-4-5-16-45(41)56(48-18-6-7-27-54-48)51(44)52(55)50(38)49(33)46/h1-31H. The van der Waals surface area contributed by atoms with Gasteiger partial charge in [0.1, 0.15) is 5.82 Å². The van der Waals surface area contributed by atoms with Gasteiger partial charge in [0.25, 0.3) is 0 Å². The minimum absolute atomic E-state index is 0.916. The molecule has 0 N–H and O–H groups in total. The third-order valence-corrected chi connectivity index (χ3v) is 13.3. The van der Waals surface area contributed by atoms with E-state index in [1.54, 1.807) is 0 Å². The van der Waals surface area contributed by atoms with Crippen LogP contribution in [0.1, 0.15) is 0 Å². The van der Waals surface area contributed by atoms with Crippen molar-refractivity contribution in [2.24, 2.45) is 0 Å². The third-order valence-electron chi connectivity index (χ3n) is 12.1. The fourth-order valence-corrected chi connectivity index (χ4v) is 10.8. The van der Waals surface area contributed by atoms with Crippen LogP contribution in [0.3, 0.4) is 0 Å². The van der Waals surface area contributed by atoms with Crippen molar-refractivity contribution in [1.29, 1.82) is 0 Å². The molecule has 0 saturated carbocycles. The number of para-hydroxylation sites is 1. The maximum Gasteiger partial charge on any atom is 0.137 e. The van der Waals surface area contributed by atoms with Gasteiger partial charge in [0.2, 0.25) is 0 Å². The molecule has 0 radical (unpaired) electrons. The molecule has 0 aliphatic rings. The fourth-order valence-electron chi connectivity index (χ4n) is 9.56. The molecule has 4 heterocycles. The zero-order valence-electron chi connectivity index (χ0n) is 30.6. The van der Waals surface area contributed by atoms with Crippen LogP contribution in [0.15, 0.2) is 188 Å². The summed E-state index contributed by atoms with van der Waals surface area (Å²) < 4.78 is 7.51. The first kappa shape index (κ1) is 31.0. The van der Waals surface area contributed by atoms with Gasteiger partial charge in [-0.25, -0.2) is 4.98 Å². The molecule has 3 nitrogen and oxygen atoms in total. The van der Waals surface area contributed by atoms with E-state index in [1.165, 1.54) is 102 Å². The summed E-state index contributed by atoms with van der Waals surface area (Å²) >= 11 is 1.89. The number of hydrogen-bond donors (Lipinski definition) is 0. The molecular weight excluding hydrogens is 711 g/mol. The van der Waals surface area contributed by atoms with Gasteiger partial charge in [-0.05, 0) is 98.4 Å². The Morgan fingerprint density at radius 2 is 1.16 bits per heavy atom. The summed E-state index contributed by atoms with van der Waals surface area (Å²) in [7, 11) is 0. The van der Waals surface area contributed by atoms with Crippen molar-refractivity contribution in [2.75, 3.05) is 0 Å². The first-order valence-corrected chi connectivity index (χ1v) is 20.3. The van der Waals surface area contributed by atoms with Gasteiger partial charge in [0.05, 0.1) is 22.1 Å². The molecule has 9 aromatic carbocycles. The lowest BCUT2D eigenvalue weighted by molar-refractivity contribution is 1.08. The van der Waals surface area contributed by atoms with Crippen molar-refractivity contribution in [1.82, 2.24) is 14.1 Å². The quantitative estimate of drug-likeness (QED) is 0.165. The fraction of sp³-hybridized carbons (Fsp3) is 0. The number of pyridine rings is 1. The zero-order valence-corrected chi connectivity index (χ0v) is 31.5. The van der Waals surface area contributed by atoms with Crippen LogP contribution >= 0.6 is 11.3 Å². The molecule has 13 rings (SSSR count). The van der Waals surface area contributed by atoms with Crippen LogP contribution in [0.25, 0.3) is 119 Å². The Morgan fingerprint density at radius 1 is 0.404 bits per heavy atom. The molecule has 13 aromatic rings. The van der Waals surface area contributed by atoms with E-state index in [1.807, 2.05) is 23.6 Å². The molecule has 0 fully saturated rings. The van der Waals surface area contributed by atoms with E-state index in [-0.39, 0.29) is 0 Å². The van der Waals surface area contributed by atoms with Crippen molar-refractivity contribution in [3.8, 4) is 33.8 Å². The maximum absolute atomic E-state index is 4.90. The molecule has 0 spiro atoms. The van der Waals surface area contributed by atoms with Gasteiger partial charge in [-0.1, -0.05) is 127 Å². The van der Waals surface area contributed by atoms with E-state index in [4.69, 9.17) is 4.98 Å². The number of rotatable bonds is 4. The molecule has 57 heavy (non-hydrogen) atoms. The lowest BCUT2D eigenvalue weighted by atomic mass is 9.99. The Bertz CT molecular complexity index is 3740. The molecular formula is C53H31N3S. The number of thiophene rings is 1. The van der Waals surface area contributed by atoms with Crippen LogP contribution in [-0.4, -0.2) is 14.1 Å². The van der Waals surface area contributed by atoms with Crippen LogP contribution in [0, 0.1) is 0 Å². The minimum atomic E-state index is 0.916. The maximum atomic E-state index is 4.90. The van der Waals surface area contributed by atoms with E-state index in [9.17, 15) is 0 Å². The van der Waals surface area contributed by atoms with E-state index >= 15 is 0 Å². The van der Waals surface area contributed by atoms with E-state index in [0.717, 1.165) is 17.0 Å². The highest BCUT2D eigenvalue weighted by molar-refractivity contribution is 7.26. The number of aromatic nitrogens is 3. The van der Waals surface area contributed by atoms with Gasteiger partial charge >= 0.3 is 0 Å². The number of hydrogen-bond acceptors (Lipinski definition) is 2. The summed E-state index contributed by atoms with van der Waals surface area (Å²) in [6.07, 6.45) is 1.89. The lowest BCUT2D eigenvalue weighted by Gasteiger charge is -2.13. The predicted octanol–water partition coefficient (Wildman–Crippen LogP) is 14.7. The number of benzene rings is 9. The number of fused-ring (bicyclic) bond motifs is 8. The average molecular weight is 742 g/mol. The topological polar surface area (TPSA) is 22.8 Å². The predicted molar refractivity (Wildman–Crippen MR) is 243 cm³/mol. The monoisotopic (exact) mass is 741 g/mol. The highest BCUT2D eigenvalue weighted by Crippen LogP contribution is 2.46. The number of nitrogens with zero attached hydrogens (tertiary/aromatic N) is 3. The lowest BCUT2D eigenvalue weighted by Crippen LogP contribution is -2.00. The average Bonchev–Trinajstić information content (AvgIpc) is 3.94. The summed E-state index contributed by atoms with van der Waals surface area (Å²) in [4.78, 5) is 4.90. The van der Waals surface area contributed by atoms with Gasteiger partial charge < -0.3 is 4.57 Å². The molecule has 4 heteroatoms. The Labute approximate surface area is 331 Å². The van der Waals surface area contributed by atoms with Crippen LogP contribution in [-0.2, 0) is 0 Å². The molecule has 0 aliphatic heterocycles. The normalized spacial score (nSPS) is 12.2.